The summed E-state index contributed by atoms with van der Waals surface area (Å²) in [4.78, 5) is 8.49. The molecule has 1 heterocycles. The number of guanidine groups is 1. The van der Waals surface area contributed by atoms with Crippen molar-refractivity contribution in [3.63, 3.8) is 0 Å². The lowest BCUT2D eigenvalue weighted by Gasteiger charge is -2.11. The molecule has 0 radical (unpaired) electrons. The van der Waals surface area contributed by atoms with Gasteiger partial charge in [0.05, 0.1) is 32.6 Å². The fourth-order valence-corrected chi connectivity index (χ4v) is 2.19. The number of ether oxygens (including phenoxy) is 2. The number of hydrogen-bond acceptors (Lipinski definition) is 5. The van der Waals surface area contributed by atoms with Gasteiger partial charge in [-0.2, -0.15) is 0 Å². The number of oxazole rings is 1. The first-order valence-corrected chi connectivity index (χ1v) is 8.20. The third-order valence-corrected chi connectivity index (χ3v) is 3.65. The molecule has 0 atom stereocenters. The lowest BCUT2D eigenvalue weighted by molar-refractivity contribution is 0.125. The number of nitrogens with zero attached hydrogens (tertiary/aromatic N) is 2. The second kappa shape index (κ2) is 11.7. The predicted molar refractivity (Wildman–Crippen MR) is 112 cm³/mol. The largest absolute Gasteiger partial charge is 0.497 e. The Labute approximate surface area is 171 Å². The molecule has 1 aromatic carbocycles. The Morgan fingerprint density at radius 1 is 1.27 bits per heavy atom. The second-order valence-electron chi connectivity index (χ2n) is 5.51. The third kappa shape index (κ3) is 7.20. The summed E-state index contributed by atoms with van der Waals surface area (Å²) >= 11 is 0. The number of benzene rings is 1. The van der Waals surface area contributed by atoms with Gasteiger partial charge in [-0.05, 0) is 31.5 Å². The van der Waals surface area contributed by atoms with Gasteiger partial charge < -0.3 is 24.5 Å². The lowest BCUT2D eigenvalue weighted by Crippen LogP contribution is -2.38. The first-order valence-electron chi connectivity index (χ1n) is 8.20. The van der Waals surface area contributed by atoms with E-state index < -0.39 is 0 Å². The molecule has 0 saturated heterocycles. The number of aromatic nitrogens is 1. The highest BCUT2D eigenvalue weighted by molar-refractivity contribution is 14.0. The highest BCUT2D eigenvalue weighted by Crippen LogP contribution is 2.13. The van der Waals surface area contributed by atoms with Crippen molar-refractivity contribution in [2.45, 2.75) is 27.0 Å². The van der Waals surface area contributed by atoms with Crippen LogP contribution in [0.5, 0.6) is 5.75 Å². The van der Waals surface area contributed by atoms with E-state index in [1.165, 1.54) is 0 Å². The number of hydrogen-bond donors (Lipinski definition) is 2. The molecule has 0 aliphatic carbocycles. The SMILES string of the molecule is CN=C(NCCOCc1cccc(OC)c1)NCc1nc(C)c(C)o1.I. The van der Waals surface area contributed by atoms with Crippen LogP contribution in [-0.4, -0.2) is 38.3 Å². The van der Waals surface area contributed by atoms with E-state index in [1.54, 1.807) is 14.2 Å². The molecule has 0 aliphatic rings. The van der Waals surface area contributed by atoms with Crippen molar-refractivity contribution in [1.29, 1.82) is 0 Å². The minimum atomic E-state index is 0. The summed E-state index contributed by atoms with van der Waals surface area (Å²) in [5.74, 6) is 3.00. The average Bonchev–Trinajstić information content (AvgIpc) is 2.95. The van der Waals surface area contributed by atoms with Crippen molar-refractivity contribution in [2.24, 2.45) is 4.99 Å². The monoisotopic (exact) mass is 474 g/mol. The summed E-state index contributed by atoms with van der Waals surface area (Å²) < 4.78 is 16.4. The third-order valence-electron chi connectivity index (χ3n) is 3.65. The minimum Gasteiger partial charge on any atom is -0.497 e. The van der Waals surface area contributed by atoms with Crippen LogP contribution in [0.15, 0.2) is 33.7 Å². The van der Waals surface area contributed by atoms with Crippen LogP contribution in [0.3, 0.4) is 0 Å². The van der Waals surface area contributed by atoms with Crippen LogP contribution in [0.4, 0.5) is 0 Å². The Hall–Kier alpha value is -1.81. The summed E-state index contributed by atoms with van der Waals surface area (Å²) in [6, 6.07) is 7.84. The van der Waals surface area contributed by atoms with Gasteiger partial charge in [-0.15, -0.1) is 24.0 Å². The number of nitrogens with one attached hydrogen (secondary N) is 2. The quantitative estimate of drug-likeness (QED) is 0.265. The molecular formula is C18H27IN4O3. The highest BCUT2D eigenvalue weighted by atomic mass is 127. The normalized spacial score (nSPS) is 11.0. The molecule has 2 aromatic rings. The van der Waals surface area contributed by atoms with Gasteiger partial charge in [0.2, 0.25) is 5.89 Å². The molecule has 2 rings (SSSR count). The van der Waals surface area contributed by atoms with Crippen LogP contribution in [0, 0.1) is 13.8 Å². The maximum Gasteiger partial charge on any atom is 0.214 e. The first kappa shape index (κ1) is 22.2. The molecule has 0 spiro atoms. The Morgan fingerprint density at radius 2 is 2.08 bits per heavy atom. The summed E-state index contributed by atoms with van der Waals surface area (Å²) in [6.07, 6.45) is 0. The standard InChI is InChI=1S/C18H26N4O3.HI/c1-13-14(2)25-17(22-13)11-21-18(19-3)20-8-9-24-12-15-6-5-7-16(10-15)23-4;/h5-7,10H,8-9,11-12H2,1-4H3,(H2,19,20,21);1H. The van der Waals surface area contributed by atoms with Crippen molar-refractivity contribution in [3.8, 4) is 5.75 Å². The Kier molecular flexibility index (Phi) is 10.0. The van der Waals surface area contributed by atoms with E-state index in [9.17, 15) is 0 Å². The summed E-state index contributed by atoms with van der Waals surface area (Å²) in [5.41, 5.74) is 1.99. The van der Waals surface area contributed by atoms with Crippen molar-refractivity contribution in [1.82, 2.24) is 15.6 Å². The summed E-state index contributed by atoms with van der Waals surface area (Å²) in [5, 5.41) is 6.35. The van der Waals surface area contributed by atoms with Gasteiger partial charge in [0, 0.05) is 13.6 Å². The van der Waals surface area contributed by atoms with Crippen molar-refractivity contribution in [2.75, 3.05) is 27.3 Å². The van der Waals surface area contributed by atoms with Crippen molar-refractivity contribution < 1.29 is 13.9 Å². The molecular weight excluding hydrogens is 447 g/mol. The summed E-state index contributed by atoms with van der Waals surface area (Å²) in [7, 11) is 3.38. The molecule has 7 nitrogen and oxygen atoms in total. The van der Waals surface area contributed by atoms with E-state index >= 15 is 0 Å². The van der Waals surface area contributed by atoms with Crippen LogP contribution < -0.4 is 15.4 Å². The number of halogens is 1. The Balaban J connectivity index is 0.00000338. The Morgan fingerprint density at radius 3 is 2.73 bits per heavy atom. The molecule has 8 heteroatoms. The van der Waals surface area contributed by atoms with Crippen molar-refractivity contribution in [3.05, 3.63) is 47.2 Å². The zero-order valence-corrected chi connectivity index (χ0v) is 18.0. The van der Waals surface area contributed by atoms with Crippen LogP contribution in [0.1, 0.15) is 22.9 Å². The number of aryl methyl sites for hydroxylation is 2. The number of methoxy groups -OCH3 is 1. The molecule has 144 valence electrons. The summed E-state index contributed by atoms with van der Waals surface area (Å²) in [6.45, 7) is 6.06. The maximum atomic E-state index is 5.66. The zero-order valence-electron chi connectivity index (χ0n) is 15.7. The first-order chi connectivity index (χ1) is 12.1. The highest BCUT2D eigenvalue weighted by Gasteiger charge is 2.06. The van der Waals surface area contributed by atoms with Gasteiger partial charge in [0.25, 0.3) is 0 Å². The molecule has 0 fully saturated rings. The molecule has 0 aliphatic heterocycles. The zero-order chi connectivity index (χ0) is 18.1. The molecule has 0 bridgehead atoms. The van der Waals surface area contributed by atoms with Crippen LogP contribution >= 0.6 is 24.0 Å². The topological polar surface area (TPSA) is 80.9 Å². The van der Waals surface area contributed by atoms with E-state index in [4.69, 9.17) is 13.9 Å². The van der Waals surface area contributed by atoms with E-state index in [0.29, 0.717) is 38.2 Å². The van der Waals surface area contributed by atoms with Crippen molar-refractivity contribution >= 4 is 29.9 Å². The lowest BCUT2D eigenvalue weighted by atomic mass is 10.2. The van der Waals surface area contributed by atoms with Crippen LogP contribution in [0.2, 0.25) is 0 Å². The van der Waals surface area contributed by atoms with Crippen LogP contribution in [0.25, 0.3) is 0 Å². The van der Waals surface area contributed by atoms with Crippen LogP contribution in [-0.2, 0) is 17.9 Å². The van der Waals surface area contributed by atoms with E-state index in [-0.39, 0.29) is 24.0 Å². The predicted octanol–water partition coefficient (Wildman–Crippen LogP) is 2.80. The number of aliphatic imine (C=N–C) groups is 1. The minimum absolute atomic E-state index is 0. The molecule has 26 heavy (non-hydrogen) atoms. The van der Waals surface area contributed by atoms with Gasteiger partial charge >= 0.3 is 0 Å². The van der Waals surface area contributed by atoms with E-state index in [2.05, 4.69) is 20.6 Å². The second-order valence-corrected chi connectivity index (χ2v) is 5.51. The fraction of sp³-hybridized carbons (Fsp3) is 0.444. The van der Waals surface area contributed by atoms with Gasteiger partial charge in [-0.25, -0.2) is 4.98 Å². The molecule has 2 N–H and O–H groups in total. The van der Waals surface area contributed by atoms with Gasteiger partial charge in [-0.3, -0.25) is 4.99 Å². The fourth-order valence-electron chi connectivity index (χ4n) is 2.19. The van der Waals surface area contributed by atoms with E-state index in [1.807, 2.05) is 38.1 Å². The average molecular weight is 474 g/mol. The molecule has 0 unspecified atom stereocenters. The van der Waals surface area contributed by atoms with Gasteiger partial charge in [0.15, 0.2) is 5.96 Å². The van der Waals surface area contributed by atoms with Gasteiger partial charge in [-0.1, -0.05) is 12.1 Å². The molecule has 0 saturated carbocycles. The Bertz CT molecular complexity index is 684. The smallest absolute Gasteiger partial charge is 0.214 e. The van der Waals surface area contributed by atoms with E-state index in [0.717, 1.165) is 22.8 Å². The number of rotatable bonds is 8. The van der Waals surface area contributed by atoms with Gasteiger partial charge in [0.1, 0.15) is 11.5 Å². The molecule has 0 amide bonds. The maximum absolute atomic E-state index is 5.66. The molecule has 1 aromatic heterocycles.